The van der Waals surface area contributed by atoms with Crippen molar-refractivity contribution in [1.29, 1.82) is 0 Å². The molecule has 116 valence electrons. The molecule has 1 rings (SSSR count). The molecule has 0 aliphatic rings. The van der Waals surface area contributed by atoms with Gasteiger partial charge < -0.3 is 20.5 Å². The summed E-state index contributed by atoms with van der Waals surface area (Å²) in [5.41, 5.74) is 6.64. The third-order valence-electron chi connectivity index (χ3n) is 2.65. The van der Waals surface area contributed by atoms with Crippen molar-refractivity contribution in [2.24, 2.45) is 5.73 Å². The predicted octanol–water partition coefficient (Wildman–Crippen LogP) is 1.92. The van der Waals surface area contributed by atoms with Gasteiger partial charge in [-0.2, -0.15) is 0 Å². The molecule has 1 unspecified atom stereocenters. The van der Waals surface area contributed by atoms with E-state index in [-0.39, 0.29) is 18.6 Å². The fraction of sp³-hybridized carbons (Fsp3) is 0.400. The van der Waals surface area contributed by atoms with E-state index in [9.17, 15) is 4.79 Å². The molecule has 6 heteroatoms. The molecule has 3 N–H and O–H groups in total. The molecule has 5 nitrogen and oxygen atoms in total. The molecule has 0 aromatic heterocycles. The van der Waals surface area contributed by atoms with Gasteiger partial charge in [0.25, 0.3) is 5.91 Å². The number of nitrogens with one attached hydrogen (secondary N) is 1. The Bertz CT molecular complexity index is 504. The molecule has 21 heavy (non-hydrogen) atoms. The zero-order chi connectivity index (χ0) is 15.8. The summed E-state index contributed by atoms with van der Waals surface area (Å²) in [6, 6.07) is 3.35. The molecule has 0 fully saturated rings. The normalized spacial score (nSPS) is 11.6. The average Bonchev–Trinajstić information content (AvgIpc) is 2.42. The Hall–Kier alpha value is -1.72. The van der Waals surface area contributed by atoms with E-state index in [2.05, 4.69) is 11.9 Å². The van der Waals surface area contributed by atoms with Gasteiger partial charge >= 0.3 is 0 Å². The number of hydrogen-bond donors (Lipinski definition) is 2. The van der Waals surface area contributed by atoms with Gasteiger partial charge in [-0.05, 0) is 19.4 Å². The van der Waals surface area contributed by atoms with Crippen LogP contribution in [0.4, 0.5) is 0 Å². The second-order valence-corrected chi connectivity index (χ2v) is 5.10. The Morgan fingerprint density at radius 1 is 1.57 bits per heavy atom. The molecule has 0 saturated carbocycles. The molecule has 1 aromatic carbocycles. The van der Waals surface area contributed by atoms with Crippen LogP contribution in [0.15, 0.2) is 24.8 Å². The molecular weight excluding hydrogens is 292 g/mol. The third kappa shape index (κ3) is 5.65. The molecule has 0 radical (unpaired) electrons. The molecule has 0 saturated heterocycles. The van der Waals surface area contributed by atoms with Gasteiger partial charge in [-0.3, -0.25) is 4.79 Å². The first-order chi connectivity index (χ1) is 9.97. The second kappa shape index (κ2) is 8.54. The zero-order valence-electron chi connectivity index (χ0n) is 12.3. The highest BCUT2D eigenvalue weighted by atomic mass is 35.5. The minimum absolute atomic E-state index is 0.0647. The van der Waals surface area contributed by atoms with E-state index >= 15 is 0 Å². The van der Waals surface area contributed by atoms with Crippen molar-refractivity contribution in [2.45, 2.75) is 19.4 Å². The predicted molar refractivity (Wildman–Crippen MR) is 84.1 cm³/mol. The summed E-state index contributed by atoms with van der Waals surface area (Å²) in [6.45, 7) is 5.70. The molecule has 1 aromatic rings. The molecule has 0 heterocycles. The lowest BCUT2D eigenvalue weighted by Crippen LogP contribution is -2.29. The molecule has 0 spiro atoms. The van der Waals surface area contributed by atoms with Crippen molar-refractivity contribution >= 4 is 17.5 Å². The molecule has 0 aliphatic carbocycles. The van der Waals surface area contributed by atoms with Crippen LogP contribution in [0.5, 0.6) is 11.5 Å². The van der Waals surface area contributed by atoms with Gasteiger partial charge in [-0.15, -0.1) is 6.58 Å². The Balaban J connectivity index is 2.91. The summed E-state index contributed by atoms with van der Waals surface area (Å²) >= 11 is 6.05. The fourth-order valence-electron chi connectivity index (χ4n) is 1.81. The Morgan fingerprint density at radius 2 is 2.29 bits per heavy atom. The number of ether oxygens (including phenoxy) is 2. The van der Waals surface area contributed by atoms with E-state index in [1.54, 1.807) is 18.2 Å². The maximum atomic E-state index is 11.6. The number of carbonyl (C=O) groups excluding carboxylic acids is 1. The first-order valence-electron chi connectivity index (χ1n) is 6.60. The van der Waals surface area contributed by atoms with E-state index in [0.29, 0.717) is 29.5 Å². The van der Waals surface area contributed by atoms with Crippen LogP contribution < -0.4 is 20.5 Å². The number of carbonyl (C=O) groups is 1. The topological polar surface area (TPSA) is 73.6 Å². The van der Waals surface area contributed by atoms with Gasteiger partial charge in [-0.25, -0.2) is 0 Å². The van der Waals surface area contributed by atoms with Crippen LogP contribution in [0, 0.1) is 0 Å². The van der Waals surface area contributed by atoms with Crippen molar-refractivity contribution in [2.75, 3.05) is 20.3 Å². The lowest BCUT2D eigenvalue weighted by atomic mass is 10.1. The highest BCUT2D eigenvalue weighted by molar-refractivity contribution is 6.30. The van der Waals surface area contributed by atoms with Crippen LogP contribution in [-0.2, 0) is 11.2 Å². The first kappa shape index (κ1) is 17.3. The molecule has 1 amide bonds. The van der Waals surface area contributed by atoms with Crippen molar-refractivity contribution in [3.63, 3.8) is 0 Å². The molecular formula is C15H21ClN2O3. The maximum absolute atomic E-state index is 11.6. The molecule has 1 atom stereocenters. The molecule has 0 aliphatic heterocycles. The number of methoxy groups -OCH3 is 1. The monoisotopic (exact) mass is 312 g/mol. The Labute approximate surface area is 130 Å². The lowest BCUT2D eigenvalue weighted by molar-refractivity contribution is -0.122. The lowest BCUT2D eigenvalue weighted by Gasteiger charge is -2.16. The summed E-state index contributed by atoms with van der Waals surface area (Å²) < 4.78 is 10.9. The van der Waals surface area contributed by atoms with Gasteiger partial charge in [0, 0.05) is 29.2 Å². The quantitative estimate of drug-likeness (QED) is 0.719. The second-order valence-electron chi connectivity index (χ2n) is 4.66. The van der Waals surface area contributed by atoms with Gasteiger partial charge in [0.05, 0.1) is 7.11 Å². The summed E-state index contributed by atoms with van der Waals surface area (Å²) in [5, 5.41) is 3.17. The van der Waals surface area contributed by atoms with Crippen LogP contribution in [0.2, 0.25) is 5.02 Å². The van der Waals surface area contributed by atoms with Gasteiger partial charge in [0.1, 0.15) is 0 Å². The number of nitrogens with two attached hydrogens (primary N) is 1. The van der Waals surface area contributed by atoms with Gasteiger partial charge in [0.2, 0.25) is 0 Å². The maximum Gasteiger partial charge on any atom is 0.258 e. The highest BCUT2D eigenvalue weighted by Crippen LogP contribution is 2.35. The number of rotatable bonds is 8. The van der Waals surface area contributed by atoms with Crippen molar-refractivity contribution in [3.05, 3.63) is 35.4 Å². The summed E-state index contributed by atoms with van der Waals surface area (Å²) in [5.74, 6) is 0.737. The zero-order valence-corrected chi connectivity index (χ0v) is 13.1. The highest BCUT2D eigenvalue weighted by Gasteiger charge is 2.15. The number of hydrogen-bond acceptors (Lipinski definition) is 4. The summed E-state index contributed by atoms with van der Waals surface area (Å²) in [4.78, 5) is 11.6. The SMILES string of the molecule is C=CCNC(=O)COc1c(CC(C)N)cc(Cl)cc1OC. The number of amides is 1. The smallest absolute Gasteiger partial charge is 0.258 e. The third-order valence-corrected chi connectivity index (χ3v) is 2.87. The molecule has 0 bridgehead atoms. The Morgan fingerprint density at radius 3 is 2.86 bits per heavy atom. The van der Waals surface area contributed by atoms with Gasteiger partial charge in [0.15, 0.2) is 18.1 Å². The van der Waals surface area contributed by atoms with E-state index in [1.807, 2.05) is 6.92 Å². The van der Waals surface area contributed by atoms with E-state index in [1.165, 1.54) is 7.11 Å². The summed E-state index contributed by atoms with van der Waals surface area (Å²) in [6.07, 6.45) is 2.17. The average molecular weight is 313 g/mol. The van der Waals surface area contributed by atoms with Crippen molar-refractivity contribution in [3.8, 4) is 11.5 Å². The number of halogens is 1. The Kier molecular flexibility index (Phi) is 7.05. The van der Waals surface area contributed by atoms with E-state index < -0.39 is 0 Å². The van der Waals surface area contributed by atoms with Crippen molar-refractivity contribution < 1.29 is 14.3 Å². The largest absolute Gasteiger partial charge is 0.493 e. The van der Waals surface area contributed by atoms with Crippen molar-refractivity contribution in [1.82, 2.24) is 5.32 Å². The minimum atomic E-state index is -0.237. The minimum Gasteiger partial charge on any atom is -0.493 e. The van der Waals surface area contributed by atoms with Crippen LogP contribution in [0.25, 0.3) is 0 Å². The summed E-state index contributed by atoms with van der Waals surface area (Å²) in [7, 11) is 1.52. The number of benzene rings is 1. The van der Waals surface area contributed by atoms with Gasteiger partial charge in [-0.1, -0.05) is 17.7 Å². The fourth-order valence-corrected chi connectivity index (χ4v) is 2.04. The van der Waals surface area contributed by atoms with Crippen LogP contribution in [0.3, 0.4) is 0 Å². The van der Waals surface area contributed by atoms with Crippen LogP contribution in [0.1, 0.15) is 12.5 Å². The first-order valence-corrected chi connectivity index (χ1v) is 6.98. The standard InChI is InChI=1S/C15H21ClN2O3/c1-4-5-18-14(19)9-21-15-11(6-10(2)17)7-12(16)8-13(15)20-3/h4,7-8,10H,1,5-6,9,17H2,2-3H3,(H,18,19). The van der Waals surface area contributed by atoms with E-state index in [4.69, 9.17) is 26.8 Å². The van der Waals surface area contributed by atoms with Crippen LogP contribution >= 0.6 is 11.6 Å². The van der Waals surface area contributed by atoms with E-state index in [0.717, 1.165) is 5.56 Å². The van der Waals surface area contributed by atoms with Crippen LogP contribution in [-0.4, -0.2) is 32.2 Å².